The van der Waals surface area contributed by atoms with Crippen molar-refractivity contribution in [2.24, 2.45) is 0 Å². The van der Waals surface area contributed by atoms with Gasteiger partial charge in [-0.3, -0.25) is 9.69 Å². The average Bonchev–Trinajstić information content (AvgIpc) is 3.46. The number of aromatic amines is 1. The molecule has 0 aliphatic carbocycles. The van der Waals surface area contributed by atoms with Crippen molar-refractivity contribution in [3.05, 3.63) is 70.2 Å². The normalized spacial score (nSPS) is 13.0. The summed E-state index contributed by atoms with van der Waals surface area (Å²) in [5.41, 5.74) is 1.02. The minimum absolute atomic E-state index is 0.121. The summed E-state index contributed by atoms with van der Waals surface area (Å²) in [6.45, 7) is 9.21. The van der Waals surface area contributed by atoms with Crippen molar-refractivity contribution in [1.82, 2.24) is 30.1 Å². The zero-order valence-electron chi connectivity index (χ0n) is 19.7. The SMILES string of the molecule is CC[C@H](c1nnnn1C(C)(C)C)N(Cc1ccco1)Cc1cc2cc(OC)ccc2[nH]c1=O. The molecule has 9 heteroatoms. The van der Waals surface area contributed by atoms with Crippen LogP contribution in [0.25, 0.3) is 10.9 Å². The Morgan fingerprint density at radius 2 is 2.03 bits per heavy atom. The van der Waals surface area contributed by atoms with Gasteiger partial charge in [0.2, 0.25) is 0 Å². The second kappa shape index (κ2) is 9.19. The molecule has 0 radical (unpaired) electrons. The van der Waals surface area contributed by atoms with Crippen molar-refractivity contribution in [3.8, 4) is 5.75 Å². The molecule has 0 fully saturated rings. The standard InChI is InChI=1S/C24H30N6O3/c1-6-21(22-26-27-28-30(22)24(2,3)4)29(15-19-8-7-11-33-19)14-17-12-16-13-18(32-5)9-10-20(16)25-23(17)31/h7-13,21H,6,14-15H2,1-5H3,(H,25,31)/t21-/m1/s1. The van der Waals surface area contributed by atoms with Crippen LogP contribution in [0.2, 0.25) is 0 Å². The highest BCUT2D eigenvalue weighted by Gasteiger charge is 2.30. The van der Waals surface area contributed by atoms with E-state index in [2.05, 4.69) is 53.1 Å². The first kappa shape index (κ1) is 22.7. The number of hydrogen-bond acceptors (Lipinski definition) is 7. The number of ether oxygens (including phenoxy) is 1. The number of rotatable bonds is 8. The lowest BCUT2D eigenvalue weighted by Gasteiger charge is -2.31. The van der Waals surface area contributed by atoms with Gasteiger partial charge in [-0.25, -0.2) is 4.68 Å². The van der Waals surface area contributed by atoms with Crippen molar-refractivity contribution in [2.45, 2.75) is 58.8 Å². The quantitative estimate of drug-likeness (QED) is 0.432. The second-order valence-corrected chi connectivity index (χ2v) is 9.10. The summed E-state index contributed by atoms with van der Waals surface area (Å²) in [5, 5.41) is 13.5. The van der Waals surface area contributed by atoms with Crippen LogP contribution < -0.4 is 10.3 Å². The Morgan fingerprint density at radius 1 is 1.21 bits per heavy atom. The van der Waals surface area contributed by atoms with Crippen LogP contribution >= 0.6 is 0 Å². The number of nitrogens with zero attached hydrogens (tertiary/aromatic N) is 5. The van der Waals surface area contributed by atoms with E-state index in [1.54, 1.807) is 13.4 Å². The summed E-state index contributed by atoms with van der Waals surface area (Å²) in [6.07, 6.45) is 2.42. The molecule has 0 saturated carbocycles. The summed E-state index contributed by atoms with van der Waals surface area (Å²) >= 11 is 0. The Hall–Kier alpha value is -3.46. The molecule has 1 atom stereocenters. The van der Waals surface area contributed by atoms with Gasteiger partial charge in [0.25, 0.3) is 5.56 Å². The summed E-state index contributed by atoms with van der Waals surface area (Å²) in [6, 6.07) is 11.2. The van der Waals surface area contributed by atoms with E-state index in [4.69, 9.17) is 9.15 Å². The molecule has 1 aromatic carbocycles. The van der Waals surface area contributed by atoms with E-state index in [-0.39, 0.29) is 17.1 Å². The zero-order chi connectivity index (χ0) is 23.6. The Kier molecular flexibility index (Phi) is 6.33. The molecular weight excluding hydrogens is 420 g/mol. The van der Waals surface area contributed by atoms with E-state index in [0.29, 0.717) is 18.7 Å². The number of benzene rings is 1. The molecule has 0 aliphatic rings. The average molecular weight is 451 g/mol. The van der Waals surface area contributed by atoms with E-state index < -0.39 is 0 Å². The zero-order valence-corrected chi connectivity index (χ0v) is 19.7. The topological polar surface area (TPSA) is 102 Å². The highest BCUT2D eigenvalue weighted by atomic mass is 16.5. The van der Waals surface area contributed by atoms with Crippen LogP contribution in [0.5, 0.6) is 5.75 Å². The van der Waals surface area contributed by atoms with E-state index in [1.807, 2.05) is 41.1 Å². The third-order valence-electron chi connectivity index (χ3n) is 5.70. The van der Waals surface area contributed by atoms with Crippen molar-refractivity contribution < 1.29 is 9.15 Å². The highest BCUT2D eigenvalue weighted by Crippen LogP contribution is 2.29. The van der Waals surface area contributed by atoms with Gasteiger partial charge in [0.05, 0.1) is 31.5 Å². The lowest BCUT2D eigenvalue weighted by molar-refractivity contribution is 0.142. The van der Waals surface area contributed by atoms with E-state index >= 15 is 0 Å². The molecule has 0 bridgehead atoms. The Bertz CT molecular complexity index is 1270. The number of fused-ring (bicyclic) bond motifs is 1. The Morgan fingerprint density at radius 3 is 2.70 bits per heavy atom. The maximum atomic E-state index is 13.0. The number of H-pyrrole nitrogens is 1. The van der Waals surface area contributed by atoms with Crippen LogP contribution in [-0.2, 0) is 18.6 Å². The molecule has 4 rings (SSSR count). The van der Waals surface area contributed by atoms with Crippen molar-refractivity contribution in [1.29, 1.82) is 0 Å². The van der Waals surface area contributed by atoms with Gasteiger partial charge in [-0.1, -0.05) is 6.92 Å². The molecule has 3 heterocycles. The fourth-order valence-corrected chi connectivity index (χ4v) is 4.06. The van der Waals surface area contributed by atoms with Gasteiger partial charge < -0.3 is 14.1 Å². The molecule has 0 spiro atoms. The third-order valence-corrected chi connectivity index (χ3v) is 5.70. The molecular formula is C24H30N6O3. The van der Waals surface area contributed by atoms with E-state index in [0.717, 1.165) is 34.7 Å². The lowest BCUT2D eigenvalue weighted by Crippen LogP contribution is -2.35. The molecule has 0 aliphatic heterocycles. The fraction of sp³-hybridized carbons (Fsp3) is 0.417. The largest absolute Gasteiger partial charge is 0.497 e. The van der Waals surface area contributed by atoms with Crippen LogP contribution in [0.4, 0.5) is 0 Å². The van der Waals surface area contributed by atoms with Crippen molar-refractivity contribution >= 4 is 10.9 Å². The predicted octanol–water partition coefficient (Wildman–Crippen LogP) is 4.02. The maximum absolute atomic E-state index is 13.0. The number of methoxy groups -OCH3 is 1. The van der Waals surface area contributed by atoms with Crippen LogP contribution in [0, 0.1) is 0 Å². The maximum Gasteiger partial charge on any atom is 0.252 e. The Balaban J connectivity index is 1.76. The minimum atomic E-state index is -0.278. The van der Waals surface area contributed by atoms with Crippen LogP contribution in [0.1, 0.15) is 57.3 Å². The summed E-state index contributed by atoms with van der Waals surface area (Å²) in [7, 11) is 1.63. The van der Waals surface area contributed by atoms with Gasteiger partial charge in [-0.2, -0.15) is 0 Å². The summed E-state index contributed by atoms with van der Waals surface area (Å²) in [5.74, 6) is 2.31. The van der Waals surface area contributed by atoms with Gasteiger partial charge in [-0.15, -0.1) is 5.10 Å². The molecule has 0 saturated heterocycles. The van der Waals surface area contributed by atoms with Gasteiger partial charge in [0.15, 0.2) is 5.82 Å². The summed E-state index contributed by atoms with van der Waals surface area (Å²) in [4.78, 5) is 18.1. The molecule has 0 unspecified atom stereocenters. The van der Waals surface area contributed by atoms with Gasteiger partial charge in [0, 0.05) is 23.0 Å². The van der Waals surface area contributed by atoms with Crippen molar-refractivity contribution in [3.63, 3.8) is 0 Å². The molecule has 4 aromatic rings. The van der Waals surface area contributed by atoms with Crippen LogP contribution in [0.3, 0.4) is 0 Å². The molecule has 0 amide bonds. The predicted molar refractivity (Wildman–Crippen MR) is 125 cm³/mol. The first-order chi connectivity index (χ1) is 15.8. The van der Waals surface area contributed by atoms with E-state index in [1.165, 1.54) is 0 Å². The molecule has 33 heavy (non-hydrogen) atoms. The number of aromatic nitrogens is 5. The van der Waals surface area contributed by atoms with Crippen LogP contribution in [0.15, 0.2) is 51.9 Å². The van der Waals surface area contributed by atoms with Crippen LogP contribution in [-0.4, -0.2) is 37.2 Å². The fourth-order valence-electron chi connectivity index (χ4n) is 4.06. The highest BCUT2D eigenvalue weighted by molar-refractivity contribution is 5.80. The first-order valence-corrected chi connectivity index (χ1v) is 11.0. The van der Waals surface area contributed by atoms with Crippen molar-refractivity contribution in [2.75, 3.05) is 7.11 Å². The molecule has 9 nitrogen and oxygen atoms in total. The minimum Gasteiger partial charge on any atom is -0.497 e. The molecule has 174 valence electrons. The number of hydrogen-bond donors (Lipinski definition) is 1. The summed E-state index contributed by atoms with van der Waals surface area (Å²) < 4.78 is 12.8. The van der Waals surface area contributed by atoms with Gasteiger partial charge in [-0.05, 0) is 74.0 Å². The number of furan rings is 1. The molecule has 1 N–H and O–H groups in total. The lowest BCUT2D eigenvalue weighted by atomic mass is 10.1. The number of pyridine rings is 1. The third kappa shape index (κ3) is 4.83. The molecule has 3 aromatic heterocycles. The smallest absolute Gasteiger partial charge is 0.252 e. The van der Waals surface area contributed by atoms with Gasteiger partial charge >= 0.3 is 0 Å². The number of tetrazole rings is 1. The van der Waals surface area contributed by atoms with E-state index in [9.17, 15) is 4.79 Å². The van der Waals surface area contributed by atoms with Gasteiger partial charge in [0.1, 0.15) is 11.5 Å². The second-order valence-electron chi connectivity index (χ2n) is 9.10. The number of nitrogens with one attached hydrogen (secondary N) is 1. The monoisotopic (exact) mass is 450 g/mol. The first-order valence-electron chi connectivity index (χ1n) is 11.0. The Labute approximate surface area is 192 Å².